The quantitative estimate of drug-likeness (QED) is 0.461. The second kappa shape index (κ2) is 6.03. The number of nitrogens with one attached hydrogen (secondary N) is 3. The van der Waals surface area contributed by atoms with Crippen molar-refractivity contribution in [2.45, 2.75) is 12.5 Å². The normalized spacial score (nSPS) is 12.4. The molecule has 1 atom stereocenters. The Morgan fingerprint density at radius 1 is 1.56 bits per heavy atom. The molecule has 1 aromatic heterocycles. The van der Waals surface area contributed by atoms with E-state index in [0.29, 0.717) is 13.0 Å². The number of hydrogen-bond acceptors (Lipinski definition) is 6. The topological polar surface area (TPSA) is 120 Å². The van der Waals surface area contributed by atoms with Crippen LogP contribution in [0.15, 0.2) is 9.59 Å². The molecule has 0 radical (unpaired) electrons. The van der Waals surface area contributed by atoms with Crippen molar-refractivity contribution in [3.63, 3.8) is 0 Å². The number of methoxy groups -OCH3 is 1. The number of aromatic amines is 2. The minimum atomic E-state index is -0.657. The summed E-state index contributed by atoms with van der Waals surface area (Å²) in [6.07, 6.45) is -0.187. The Bertz CT molecular complexity index is 427. The Morgan fingerprint density at radius 2 is 2.31 bits per heavy atom. The van der Waals surface area contributed by atoms with Gasteiger partial charge in [0, 0.05) is 13.7 Å². The number of aliphatic hydroxyl groups excluding tert-OH is 1. The van der Waals surface area contributed by atoms with Gasteiger partial charge in [-0.15, -0.1) is 5.10 Å². The van der Waals surface area contributed by atoms with Gasteiger partial charge in [-0.25, -0.2) is 9.89 Å². The van der Waals surface area contributed by atoms with Gasteiger partial charge in [0.2, 0.25) is 5.82 Å². The van der Waals surface area contributed by atoms with Gasteiger partial charge in [0.15, 0.2) is 0 Å². The zero-order chi connectivity index (χ0) is 12.0. The summed E-state index contributed by atoms with van der Waals surface area (Å²) in [5.74, 6) is 0.0178. The molecule has 4 N–H and O–H groups in total. The first-order valence-electron chi connectivity index (χ1n) is 4.73. The minimum Gasteiger partial charge on any atom is -0.391 e. The maximum absolute atomic E-state index is 11.2. The van der Waals surface area contributed by atoms with Crippen LogP contribution in [0.5, 0.6) is 0 Å². The summed E-state index contributed by atoms with van der Waals surface area (Å²) in [6, 6.07) is 0. The fourth-order valence-electron chi connectivity index (χ4n) is 1.10. The van der Waals surface area contributed by atoms with Crippen molar-refractivity contribution in [3.05, 3.63) is 20.8 Å². The maximum Gasteiger partial charge on any atom is 0.342 e. The molecule has 1 heterocycles. The summed E-state index contributed by atoms with van der Waals surface area (Å²) in [5.41, 5.74) is -1.25. The fourth-order valence-corrected chi connectivity index (χ4v) is 1.10. The molecule has 1 aromatic rings. The summed E-state index contributed by atoms with van der Waals surface area (Å²) >= 11 is 0. The number of hydrogen-bond donors (Lipinski definition) is 4. The molecule has 0 saturated carbocycles. The Balaban J connectivity index is 2.43. The smallest absolute Gasteiger partial charge is 0.342 e. The molecule has 8 nitrogen and oxygen atoms in total. The summed E-state index contributed by atoms with van der Waals surface area (Å²) in [7, 11) is 1.49. The molecule has 0 bridgehead atoms. The van der Waals surface area contributed by atoms with Crippen LogP contribution < -0.4 is 16.6 Å². The molecule has 0 saturated heterocycles. The van der Waals surface area contributed by atoms with Gasteiger partial charge >= 0.3 is 5.69 Å². The Hall–Kier alpha value is -1.67. The third-order valence-electron chi connectivity index (χ3n) is 1.84. The number of aromatic nitrogens is 3. The van der Waals surface area contributed by atoms with Crippen LogP contribution in [0.2, 0.25) is 0 Å². The zero-order valence-electron chi connectivity index (χ0n) is 8.82. The van der Waals surface area contributed by atoms with Gasteiger partial charge in [-0.2, -0.15) is 0 Å². The Kier molecular flexibility index (Phi) is 4.67. The van der Waals surface area contributed by atoms with Crippen LogP contribution in [-0.2, 0) is 4.74 Å². The van der Waals surface area contributed by atoms with E-state index in [1.807, 2.05) is 4.98 Å². The van der Waals surface area contributed by atoms with Crippen LogP contribution >= 0.6 is 0 Å². The van der Waals surface area contributed by atoms with Gasteiger partial charge in [-0.1, -0.05) is 0 Å². The monoisotopic (exact) mass is 230 g/mol. The van der Waals surface area contributed by atoms with E-state index in [1.54, 1.807) is 0 Å². The highest BCUT2D eigenvalue weighted by molar-refractivity contribution is 5.28. The standard InChI is InChI=1S/C8H14N4O4/c1-16-4-5(13)2-3-9-6-7(14)10-8(15)12-11-6/h5,13H,2-4H2,1H3,(H,9,11)(H2,10,12,14,15). The number of ether oxygens (including phenoxy) is 1. The third kappa shape index (κ3) is 3.83. The average molecular weight is 230 g/mol. The van der Waals surface area contributed by atoms with E-state index in [2.05, 4.69) is 15.5 Å². The van der Waals surface area contributed by atoms with E-state index in [9.17, 15) is 14.7 Å². The first-order chi connectivity index (χ1) is 7.63. The molecule has 0 amide bonds. The van der Waals surface area contributed by atoms with E-state index in [-0.39, 0.29) is 12.4 Å². The summed E-state index contributed by atoms with van der Waals surface area (Å²) < 4.78 is 4.74. The van der Waals surface area contributed by atoms with E-state index in [4.69, 9.17) is 4.74 Å². The highest BCUT2D eigenvalue weighted by Gasteiger charge is 2.05. The van der Waals surface area contributed by atoms with Gasteiger partial charge in [0.05, 0.1) is 12.7 Å². The van der Waals surface area contributed by atoms with Crippen LogP contribution in [-0.4, -0.2) is 46.7 Å². The molecule has 1 unspecified atom stereocenters. The lowest BCUT2D eigenvalue weighted by Crippen LogP contribution is -2.28. The molecule has 16 heavy (non-hydrogen) atoms. The molecule has 0 fully saturated rings. The second-order valence-electron chi connectivity index (χ2n) is 3.18. The predicted molar refractivity (Wildman–Crippen MR) is 56.5 cm³/mol. The van der Waals surface area contributed by atoms with E-state index >= 15 is 0 Å². The first-order valence-corrected chi connectivity index (χ1v) is 4.73. The van der Waals surface area contributed by atoms with Gasteiger partial charge in [-0.3, -0.25) is 9.78 Å². The molecule has 1 rings (SSSR count). The minimum absolute atomic E-state index is 0.0178. The third-order valence-corrected chi connectivity index (χ3v) is 1.84. The largest absolute Gasteiger partial charge is 0.391 e. The van der Waals surface area contributed by atoms with Gasteiger partial charge in [-0.05, 0) is 6.42 Å². The number of aliphatic hydroxyl groups is 1. The van der Waals surface area contributed by atoms with Crippen molar-refractivity contribution in [2.24, 2.45) is 0 Å². The molecule has 0 aromatic carbocycles. The molecule has 90 valence electrons. The molecule has 0 aliphatic carbocycles. The summed E-state index contributed by atoms with van der Waals surface area (Å²) in [6.45, 7) is 0.587. The van der Waals surface area contributed by atoms with Gasteiger partial charge in [0.1, 0.15) is 0 Å². The Morgan fingerprint density at radius 3 is 2.94 bits per heavy atom. The second-order valence-corrected chi connectivity index (χ2v) is 3.18. The number of rotatable bonds is 6. The highest BCUT2D eigenvalue weighted by atomic mass is 16.5. The lowest BCUT2D eigenvalue weighted by atomic mass is 10.3. The molecule has 8 heteroatoms. The number of H-pyrrole nitrogens is 2. The lowest BCUT2D eigenvalue weighted by molar-refractivity contribution is 0.0615. The van der Waals surface area contributed by atoms with Crippen molar-refractivity contribution < 1.29 is 9.84 Å². The molecule has 0 aliphatic heterocycles. The SMILES string of the molecule is COCC(O)CCNc1n[nH]c(=O)[nH]c1=O. The van der Waals surface area contributed by atoms with Crippen molar-refractivity contribution in [1.29, 1.82) is 0 Å². The van der Waals surface area contributed by atoms with Crippen molar-refractivity contribution in [1.82, 2.24) is 15.2 Å². The predicted octanol–water partition coefficient (Wildman–Crippen LogP) is -1.73. The van der Waals surface area contributed by atoms with Crippen LogP contribution in [0.25, 0.3) is 0 Å². The highest BCUT2D eigenvalue weighted by Crippen LogP contribution is 1.93. The zero-order valence-corrected chi connectivity index (χ0v) is 8.82. The van der Waals surface area contributed by atoms with Gasteiger partial charge in [0.25, 0.3) is 5.56 Å². The molecule has 0 aliphatic rings. The van der Waals surface area contributed by atoms with Crippen molar-refractivity contribution in [2.75, 3.05) is 25.6 Å². The molecular weight excluding hydrogens is 216 g/mol. The first kappa shape index (κ1) is 12.4. The van der Waals surface area contributed by atoms with Crippen LogP contribution in [0.1, 0.15) is 6.42 Å². The molecular formula is C8H14N4O4. The van der Waals surface area contributed by atoms with Gasteiger partial charge < -0.3 is 15.2 Å². The number of anilines is 1. The summed E-state index contributed by atoms with van der Waals surface area (Å²) in [5, 5.41) is 17.6. The van der Waals surface area contributed by atoms with Crippen molar-refractivity contribution in [3.8, 4) is 0 Å². The van der Waals surface area contributed by atoms with E-state index < -0.39 is 17.4 Å². The van der Waals surface area contributed by atoms with E-state index in [1.165, 1.54) is 7.11 Å². The van der Waals surface area contributed by atoms with Crippen LogP contribution in [0.4, 0.5) is 5.82 Å². The van der Waals surface area contributed by atoms with E-state index in [0.717, 1.165) is 0 Å². The maximum atomic E-state index is 11.2. The molecule has 0 spiro atoms. The van der Waals surface area contributed by atoms with Crippen molar-refractivity contribution >= 4 is 5.82 Å². The van der Waals surface area contributed by atoms with Crippen LogP contribution in [0.3, 0.4) is 0 Å². The lowest BCUT2D eigenvalue weighted by Gasteiger charge is -2.09. The Labute approximate surface area is 90.7 Å². The summed E-state index contributed by atoms with van der Waals surface area (Å²) in [4.78, 5) is 23.8. The number of nitrogens with zero attached hydrogens (tertiary/aromatic N) is 1. The fraction of sp³-hybridized carbons (Fsp3) is 0.625. The van der Waals surface area contributed by atoms with Crippen LogP contribution in [0, 0.1) is 0 Å². The average Bonchev–Trinajstić information content (AvgIpc) is 2.22.